The van der Waals surface area contributed by atoms with Crippen LogP contribution in [-0.4, -0.2) is 18.4 Å². The molecule has 58 valence electrons. The molecular weight excluding hydrogens is 140 g/mol. The fourth-order valence-corrected chi connectivity index (χ4v) is 0.723. The lowest BCUT2D eigenvalue weighted by Gasteiger charge is -2.08. The molecule has 0 unspecified atom stereocenters. The highest BCUT2D eigenvalue weighted by Gasteiger charge is 1.97. The van der Waals surface area contributed by atoms with Gasteiger partial charge in [-0.05, 0) is 18.6 Å². The summed E-state index contributed by atoms with van der Waals surface area (Å²) in [5, 5.41) is 0. The molecule has 0 fully saturated rings. The Kier molecular flexibility index (Phi) is 2.21. The summed E-state index contributed by atoms with van der Waals surface area (Å²) < 4.78 is 0. The predicted octanol–water partition coefficient (Wildman–Crippen LogP) is 0.983. The molecule has 11 heavy (non-hydrogen) atoms. The molecule has 0 N–H and O–H groups in total. The number of carbonyl (C=O) groups excluding carboxylic acids is 1. The molecule has 0 atom stereocenters. The van der Waals surface area contributed by atoms with Crippen LogP contribution < -0.4 is 4.90 Å². The molecule has 3 nitrogen and oxygen atoms in total. The van der Waals surface area contributed by atoms with E-state index < -0.39 is 0 Å². The summed E-state index contributed by atoms with van der Waals surface area (Å²) in [5.74, 6) is 0.672. The van der Waals surface area contributed by atoms with E-state index in [-0.39, 0.29) is 0 Å². The van der Waals surface area contributed by atoms with Crippen LogP contribution in [0, 0.1) is 6.92 Å². The standard InChI is InChI=1S/C8H10N2O/c1-7-3-4-8(9-5-7)10(2)6-11/h3-6H,1-2H3. The van der Waals surface area contributed by atoms with Gasteiger partial charge in [0, 0.05) is 13.2 Å². The van der Waals surface area contributed by atoms with Crippen molar-refractivity contribution in [2.24, 2.45) is 0 Å². The van der Waals surface area contributed by atoms with Crippen LogP contribution in [-0.2, 0) is 4.79 Å². The molecule has 1 aromatic rings. The molecule has 0 saturated carbocycles. The Bertz CT molecular complexity index is 243. The van der Waals surface area contributed by atoms with Crippen molar-refractivity contribution >= 4 is 12.2 Å². The van der Waals surface area contributed by atoms with Gasteiger partial charge >= 0.3 is 0 Å². The highest BCUT2D eigenvalue weighted by molar-refractivity contribution is 5.71. The molecule has 1 heterocycles. The first-order chi connectivity index (χ1) is 5.24. The third-order valence-corrected chi connectivity index (χ3v) is 1.42. The number of pyridine rings is 1. The van der Waals surface area contributed by atoms with Crippen molar-refractivity contribution < 1.29 is 4.79 Å². The molecule has 0 spiro atoms. The number of aryl methyl sites for hydroxylation is 1. The lowest BCUT2D eigenvalue weighted by atomic mass is 10.3. The molecule has 3 heteroatoms. The summed E-state index contributed by atoms with van der Waals surface area (Å²) in [7, 11) is 1.67. The van der Waals surface area contributed by atoms with Gasteiger partial charge in [-0.15, -0.1) is 0 Å². The third-order valence-electron chi connectivity index (χ3n) is 1.42. The Morgan fingerprint density at radius 2 is 2.27 bits per heavy atom. The van der Waals surface area contributed by atoms with Crippen molar-refractivity contribution in [1.29, 1.82) is 0 Å². The first-order valence-electron chi connectivity index (χ1n) is 3.35. The number of anilines is 1. The fourth-order valence-electron chi connectivity index (χ4n) is 0.723. The van der Waals surface area contributed by atoms with E-state index in [9.17, 15) is 4.79 Å². The molecule has 1 amide bonds. The minimum atomic E-state index is 0.672. The van der Waals surface area contributed by atoms with E-state index in [1.165, 1.54) is 4.90 Å². The second-order valence-corrected chi connectivity index (χ2v) is 2.41. The van der Waals surface area contributed by atoms with Crippen LogP contribution in [0.1, 0.15) is 5.56 Å². The first-order valence-corrected chi connectivity index (χ1v) is 3.35. The van der Waals surface area contributed by atoms with Crippen LogP contribution in [0.25, 0.3) is 0 Å². The third kappa shape index (κ3) is 1.77. The van der Waals surface area contributed by atoms with Gasteiger partial charge in [0.05, 0.1) is 0 Å². The van der Waals surface area contributed by atoms with E-state index in [0.29, 0.717) is 5.82 Å². The second kappa shape index (κ2) is 3.14. The maximum atomic E-state index is 10.3. The first kappa shape index (κ1) is 7.72. The maximum Gasteiger partial charge on any atom is 0.215 e. The van der Waals surface area contributed by atoms with E-state index in [2.05, 4.69) is 4.98 Å². The topological polar surface area (TPSA) is 33.2 Å². The summed E-state index contributed by atoms with van der Waals surface area (Å²) in [6.07, 6.45) is 2.47. The van der Waals surface area contributed by atoms with E-state index in [0.717, 1.165) is 12.0 Å². The van der Waals surface area contributed by atoms with Crippen molar-refractivity contribution in [3.63, 3.8) is 0 Å². The molecule has 0 saturated heterocycles. The minimum absolute atomic E-state index is 0.672. The predicted molar refractivity (Wildman–Crippen MR) is 43.4 cm³/mol. The molecule has 0 bridgehead atoms. The van der Waals surface area contributed by atoms with Gasteiger partial charge < -0.3 is 4.90 Å². The molecule has 0 aliphatic carbocycles. The van der Waals surface area contributed by atoms with E-state index in [4.69, 9.17) is 0 Å². The molecular formula is C8H10N2O. The Morgan fingerprint density at radius 1 is 1.55 bits per heavy atom. The monoisotopic (exact) mass is 150 g/mol. The number of carbonyl (C=O) groups is 1. The van der Waals surface area contributed by atoms with Gasteiger partial charge in [0.1, 0.15) is 5.82 Å². The molecule has 0 aliphatic heterocycles. The SMILES string of the molecule is Cc1ccc(N(C)C=O)nc1. The van der Waals surface area contributed by atoms with Crippen LogP contribution in [0.3, 0.4) is 0 Å². The maximum absolute atomic E-state index is 10.3. The normalized spacial score (nSPS) is 9.27. The number of hydrogen-bond acceptors (Lipinski definition) is 2. The van der Waals surface area contributed by atoms with Crippen molar-refractivity contribution in [1.82, 2.24) is 4.98 Å². The molecule has 0 aromatic carbocycles. The van der Waals surface area contributed by atoms with Gasteiger partial charge in [-0.2, -0.15) is 0 Å². The van der Waals surface area contributed by atoms with E-state index >= 15 is 0 Å². The van der Waals surface area contributed by atoms with Crippen molar-refractivity contribution in [3.05, 3.63) is 23.9 Å². The van der Waals surface area contributed by atoms with Gasteiger partial charge in [-0.3, -0.25) is 4.79 Å². The molecule has 0 aliphatic rings. The summed E-state index contributed by atoms with van der Waals surface area (Å²) in [4.78, 5) is 15.7. The van der Waals surface area contributed by atoms with Crippen LogP contribution in [0.2, 0.25) is 0 Å². The number of amides is 1. The van der Waals surface area contributed by atoms with E-state index in [1.807, 2.05) is 19.1 Å². The van der Waals surface area contributed by atoms with Gasteiger partial charge in [0.15, 0.2) is 0 Å². The van der Waals surface area contributed by atoms with Crippen molar-refractivity contribution in [2.75, 3.05) is 11.9 Å². The lowest BCUT2D eigenvalue weighted by Crippen LogP contribution is -2.14. The van der Waals surface area contributed by atoms with Crippen LogP contribution >= 0.6 is 0 Å². The fraction of sp³-hybridized carbons (Fsp3) is 0.250. The van der Waals surface area contributed by atoms with Crippen LogP contribution in [0.15, 0.2) is 18.3 Å². The van der Waals surface area contributed by atoms with Gasteiger partial charge in [0.2, 0.25) is 6.41 Å². The number of hydrogen-bond donors (Lipinski definition) is 0. The van der Waals surface area contributed by atoms with Crippen LogP contribution in [0.5, 0.6) is 0 Å². The quantitative estimate of drug-likeness (QED) is 0.589. The average molecular weight is 150 g/mol. The highest BCUT2D eigenvalue weighted by atomic mass is 16.1. The summed E-state index contributed by atoms with van der Waals surface area (Å²) >= 11 is 0. The molecule has 0 radical (unpaired) electrons. The zero-order valence-electron chi connectivity index (χ0n) is 6.61. The minimum Gasteiger partial charge on any atom is -0.303 e. The smallest absolute Gasteiger partial charge is 0.215 e. The van der Waals surface area contributed by atoms with Crippen molar-refractivity contribution in [3.8, 4) is 0 Å². The Hall–Kier alpha value is -1.38. The van der Waals surface area contributed by atoms with E-state index in [1.54, 1.807) is 13.2 Å². The number of nitrogens with zero attached hydrogens (tertiary/aromatic N) is 2. The molecule has 1 rings (SSSR count). The largest absolute Gasteiger partial charge is 0.303 e. The number of aromatic nitrogens is 1. The Morgan fingerprint density at radius 3 is 2.73 bits per heavy atom. The van der Waals surface area contributed by atoms with Gasteiger partial charge in [-0.25, -0.2) is 4.98 Å². The van der Waals surface area contributed by atoms with Gasteiger partial charge in [0.25, 0.3) is 0 Å². The lowest BCUT2D eigenvalue weighted by molar-refractivity contribution is -0.107. The second-order valence-electron chi connectivity index (χ2n) is 2.41. The van der Waals surface area contributed by atoms with Crippen molar-refractivity contribution in [2.45, 2.75) is 6.92 Å². The summed E-state index contributed by atoms with van der Waals surface area (Å²) in [6, 6.07) is 3.73. The zero-order valence-corrected chi connectivity index (χ0v) is 6.61. The Labute approximate surface area is 65.7 Å². The highest BCUT2D eigenvalue weighted by Crippen LogP contribution is 2.06. The summed E-state index contributed by atoms with van der Waals surface area (Å²) in [5.41, 5.74) is 1.09. The zero-order chi connectivity index (χ0) is 8.27. The Balaban J connectivity index is 2.89. The summed E-state index contributed by atoms with van der Waals surface area (Å²) in [6.45, 7) is 1.96. The molecule has 1 aromatic heterocycles. The van der Waals surface area contributed by atoms with Crippen LogP contribution in [0.4, 0.5) is 5.82 Å². The average Bonchev–Trinajstić information content (AvgIpc) is 2.05. The van der Waals surface area contributed by atoms with Gasteiger partial charge in [-0.1, -0.05) is 6.07 Å². The number of rotatable bonds is 2.